The van der Waals surface area contributed by atoms with Crippen LogP contribution in [0, 0.1) is 0 Å². The summed E-state index contributed by atoms with van der Waals surface area (Å²) in [6.07, 6.45) is 0. The molecule has 0 radical (unpaired) electrons. The predicted octanol–water partition coefficient (Wildman–Crippen LogP) is 10.2. The van der Waals surface area contributed by atoms with Crippen molar-refractivity contribution < 1.29 is 0 Å². The highest BCUT2D eigenvalue weighted by Crippen LogP contribution is 2.41. The molecular weight excluding hydrogens is 545 g/mol. The lowest BCUT2D eigenvalue weighted by Crippen LogP contribution is -2.04. The number of nitrogens with zero attached hydrogens (tertiary/aromatic N) is 4. The molecule has 0 unspecified atom stereocenters. The molecule has 10 rings (SSSR count). The third-order valence-corrected chi connectivity index (χ3v) is 9.80. The number of hydrogen-bond acceptors (Lipinski definition) is 3. The zero-order chi connectivity index (χ0) is 28.1. The van der Waals surface area contributed by atoms with E-state index < -0.39 is 0 Å². The molecule has 200 valence electrons. The highest BCUT2D eigenvalue weighted by Gasteiger charge is 2.21. The Labute approximate surface area is 249 Å². The van der Waals surface area contributed by atoms with Gasteiger partial charge in [0.05, 0.1) is 33.3 Å². The fourth-order valence-electron chi connectivity index (χ4n) is 6.95. The summed E-state index contributed by atoms with van der Waals surface area (Å²) in [7, 11) is 0. The number of hydrogen-bond donors (Lipinski definition) is 0. The van der Waals surface area contributed by atoms with Crippen molar-refractivity contribution in [1.29, 1.82) is 0 Å². The van der Waals surface area contributed by atoms with Crippen molar-refractivity contribution in [2.45, 2.75) is 0 Å². The van der Waals surface area contributed by atoms with Gasteiger partial charge in [0.2, 0.25) is 5.95 Å². The Kier molecular flexibility index (Phi) is 4.57. The van der Waals surface area contributed by atoms with Crippen LogP contribution in [0.1, 0.15) is 0 Å². The van der Waals surface area contributed by atoms with E-state index in [4.69, 9.17) is 9.97 Å². The monoisotopic (exact) mass is 566 g/mol. The second kappa shape index (κ2) is 8.51. The number of rotatable bonds is 2. The molecule has 43 heavy (non-hydrogen) atoms. The molecule has 0 aliphatic rings. The molecule has 4 aromatic heterocycles. The maximum absolute atomic E-state index is 5.43. The van der Waals surface area contributed by atoms with Crippen LogP contribution in [0.3, 0.4) is 0 Å². The largest absolute Gasteiger partial charge is 0.306 e. The molecule has 5 heteroatoms. The van der Waals surface area contributed by atoms with E-state index in [0.29, 0.717) is 5.95 Å². The minimum Gasteiger partial charge on any atom is -0.306 e. The first-order chi connectivity index (χ1) is 21.3. The Bertz CT molecular complexity index is 2710. The summed E-state index contributed by atoms with van der Waals surface area (Å²) in [6.45, 7) is 0. The van der Waals surface area contributed by atoms with Crippen LogP contribution in [-0.2, 0) is 0 Å². The van der Waals surface area contributed by atoms with Crippen LogP contribution in [0.2, 0.25) is 0 Å². The van der Waals surface area contributed by atoms with Crippen LogP contribution in [0.5, 0.6) is 0 Å². The van der Waals surface area contributed by atoms with Gasteiger partial charge in [-0.2, -0.15) is 0 Å². The summed E-state index contributed by atoms with van der Waals surface area (Å²) in [6, 6.07) is 47.5. The van der Waals surface area contributed by atoms with Gasteiger partial charge in [-0.25, -0.2) is 9.97 Å². The quantitative estimate of drug-likeness (QED) is 0.209. The molecule has 0 aliphatic carbocycles. The molecule has 4 heterocycles. The highest BCUT2D eigenvalue weighted by atomic mass is 32.1. The third-order valence-electron chi connectivity index (χ3n) is 8.73. The van der Waals surface area contributed by atoms with Gasteiger partial charge < -0.3 is 4.40 Å². The van der Waals surface area contributed by atoms with E-state index in [-0.39, 0.29) is 0 Å². The van der Waals surface area contributed by atoms with Crippen molar-refractivity contribution in [2.24, 2.45) is 0 Å². The van der Waals surface area contributed by atoms with Gasteiger partial charge in [0, 0.05) is 37.2 Å². The standard InChI is InChI=1S/C38H22N4S/c1-2-11-24(12-3-1)35-34-27-15-5-9-20-32(27)43-37(34)40-38(39-35)42-30-18-8-7-17-29(30)41-28-16-6-4-14-25(28)26-22-21-23-13-10-19-31(42)33(23)36(26)41/h1-22H. The number of para-hydroxylation sites is 3. The summed E-state index contributed by atoms with van der Waals surface area (Å²) < 4.78 is 5.92. The van der Waals surface area contributed by atoms with E-state index in [2.05, 4.69) is 142 Å². The van der Waals surface area contributed by atoms with Gasteiger partial charge in [-0.1, -0.05) is 103 Å². The van der Waals surface area contributed by atoms with Crippen molar-refractivity contribution in [1.82, 2.24) is 18.9 Å². The highest BCUT2D eigenvalue weighted by molar-refractivity contribution is 7.25. The predicted molar refractivity (Wildman–Crippen MR) is 181 cm³/mol. The van der Waals surface area contributed by atoms with Crippen molar-refractivity contribution in [3.05, 3.63) is 133 Å². The number of benzene rings is 6. The first-order valence-corrected chi connectivity index (χ1v) is 15.3. The fourth-order valence-corrected chi connectivity index (χ4v) is 8.02. The summed E-state index contributed by atoms with van der Waals surface area (Å²) in [4.78, 5) is 11.8. The van der Waals surface area contributed by atoms with E-state index in [1.54, 1.807) is 11.3 Å². The molecule has 0 saturated carbocycles. The average Bonchev–Trinajstić information content (AvgIpc) is 3.57. The number of fused-ring (bicyclic) bond motifs is 8. The minimum atomic E-state index is 0.671. The maximum Gasteiger partial charge on any atom is 0.236 e. The molecule has 0 atom stereocenters. The second-order valence-corrected chi connectivity index (χ2v) is 12.1. The molecule has 0 saturated heterocycles. The molecule has 10 aromatic rings. The Morgan fingerprint density at radius 1 is 0.488 bits per heavy atom. The second-order valence-electron chi connectivity index (χ2n) is 11.0. The topological polar surface area (TPSA) is 35.1 Å². The fraction of sp³-hybridized carbons (Fsp3) is 0. The lowest BCUT2D eigenvalue weighted by atomic mass is 10.0. The van der Waals surface area contributed by atoms with Crippen LogP contribution in [0.15, 0.2) is 133 Å². The van der Waals surface area contributed by atoms with Crippen molar-refractivity contribution in [3.63, 3.8) is 0 Å². The Hall–Kier alpha value is -5.52. The molecule has 4 nitrogen and oxygen atoms in total. The van der Waals surface area contributed by atoms with Gasteiger partial charge >= 0.3 is 0 Å². The van der Waals surface area contributed by atoms with Gasteiger partial charge in [-0.3, -0.25) is 4.57 Å². The lowest BCUT2D eigenvalue weighted by molar-refractivity contribution is 1.01. The van der Waals surface area contributed by atoms with Crippen molar-refractivity contribution >= 4 is 80.8 Å². The van der Waals surface area contributed by atoms with Gasteiger partial charge in [0.25, 0.3) is 0 Å². The molecule has 0 spiro atoms. The third kappa shape index (κ3) is 3.09. The zero-order valence-corrected chi connectivity index (χ0v) is 23.7. The SMILES string of the molecule is c1ccc(-c2nc(-n3c4cccc5ccc6c7ccccc7n(c7ccccc73)c6c54)nc3sc4ccccc4c23)cc1. The smallest absolute Gasteiger partial charge is 0.236 e. The first kappa shape index (κ1) is 23.1. The summed E-state index contributed by atoms with van der Waals surface area (Å²) in [5.74, 6) is 0.671. The number of aromatic nitrogens is 4. The van der Waals surface area contributed by atoms with Crippen LogP contribution in [0.25, 0.3) is 86.6 Å². The average molecular weight is 567 g/mol. The van der Waals surface area contributed by atoms with Gasteiger partial charge in [0.15, 0.2) is 0 Å². The van der Waals surface area contributed by atoms with E-state index >= 15 is 0 Å². The van der Waals surface area contributed by atoms with Crippen molar-refractivity contribution in [3.8, 4) is 17.2 Å². The van der Waals surface area contributed by atoms with Gasteiger partial charge in [-0.05, 0) is 35.7 Å². The Morgan fingerprint density at radius 3 is 2.09 bits per heavy atom. The van der Waals surface area contributed by atoms with Crippen LogP contribution < -0.4 is 0 Å². The molecule has 0 bridgehead atoms. The van der Waals surface area contributed by atoms with Crippen LogP contribution in [0.4, 0.5) is 0 Å². The zero-order valence-electron chi connectivity index (χ0n) is 22.9. The van der Waals surface area contributed by atoms with Crippen LogP contribution in [-0.4, -0.2) is 18.9 Å². The summed E-state index contributed by atoms with van der Waals surface area (Å²) >= 11 is 1.73. The Balaban J connectivity index is 1.47. The van der Waals surface area contributed by atoms with E-state index in [1.807, 2.05) is 0 Å². The first-order valence-electron chi connectivity index (χ1n) is 14.4. The van der Waals surface area contributed by atoms with E-state index in [1.165, 1.54) is 42.7 Å². The minimum absolute atomic E-state index is 0.671. The maximum atomic E-state index is 5.43. The van der Waals surface area contributed by atoms with E-state index in [9.17, 15) is 0 Å². The molecule has 0 N–H and O–H groups in total. The molecule has 0 aliphatic heterocycles. The molecule has 6 aromatic carbocycles. The Morgan fingerprint density at radius 2 is 1.21 bits per heavy atom. The number of thiophene rings is 1. The van der Waals surface area contributed by atoms with Crippen LogP contribution >= 0.6 is 11.3 Å². The molecular formula is C38H22N4S. The van der Waals surface area contributed by atoms with E-state index in [0.717, 1.165) is 38.0 Å². The summed E-state index contributed by atoms with van der Waals surface area (Å²) in [5, 5.41) is 7.20. The van der Waals surface area contributed by atoms with Crippen molar-refractivity contribution in [2.75, 3.05) is 0 Å². The summed E-state index contributed by atoms with van der Waals surface area (Å²) in [5.41, 5.74) is 7.69. The lowest BCUT2D eigenvalue weighted by Gasteiger charge is -2.13. The molecule has 0 fully saturated rings. The normalized spacial score (nSPS) is 12.2. The van der Waals surface area contributed by atoms with Gasteiger partial charge in [0.1, 0.15) is 4.83 Å². The van der Waals surface area contributed by atoms with Gasteiger partial charge in [-0.15, -0.1) is 11.3 Å². The molecule has 0 amide bonds.